The molecule has 0 saturated carbocycles. The van der Waals surface area contributed by atoms with Crippen molar-refractivity contribution in [2.45, 2.75) is 26.2 Å². The van der Waals surface area contributed by atoms with Crippen LogP contribution in [0, 0.1) is 5.41 Å². The van der Waals surface area contributed by atoms with Crippen LogP contribution in [0.1, 0.15) is 35.9 Å². The van der Waals surface area contributed by atoms with E-state index in [1.807, 2.05) is 4.90 Å². The van der Waals surface area contributed by atoms with Crippen LogP contribution in [0.25, 0.3) is 0 Å². The van der Waals surface area contributed by atoms with Crippen LogP contribution >= 0.6 is 22.9 Å². The first kappa shape index (κ1) is 13.8. The number of rotatable bonds is 3. The second-order valence-electron chi connectivity index (χ2n) is 4.95. The van der Waals surface area contributed by atoms with E-state index in [9.17, 15) is 9.90 Å². The van der Waals surface area contributed by atoms with Crippen LogP contribution in [-0.4, -0.2) is 35.6 Å². The van der Waals surface area contributed by atoms with E-state index in [4.69, 9.17) is 11.6 Å². The van der Waals surface area contributed by atoms with Crippen LogP contribution < -0.4 is 0 Å². The predicted molar refractivity (Wildman–Crippen MR) is 74.3 cm³/mol. The number of likely N-dealkylation sites (tertiary alicyclic amines) is 1. The summed E-state index contributed by atoms with van der Waals surface area (Å²) in [6, 6.07) is 3.53. The SMILES string of the molecule is CCC1(CO)CCCN(C(=O)c2ccc(Cl)s2)C1. The van der Waals surface area contributed by atoms with Crippen molar-refractivity contribution < 1.29 is 9.90 Å². The molecule has 1 fully saturated rings. The minimum absolute atomic E-state index is 0.0397. The summed E-state index contributed by atoms with van der Waals surface area (Å²) in [5.41, 5.74) is -0.116. The number of hydrogen-bond donors (Lipinski definition) is 1. The summed E-state index contributed by atoms with van der Waals surface area (Å²) in [5, 5.41) is 9.56. The van der Waals surface area contributed by atoms with Crippen LogP contribution in [0.15, 0.2) is 12.1 Å². The topological polar surface area (TPSA) is 40.5 Å². The minimum atomic E-state index is -0.116. The first-order valence-corrected chi connectivity index (χ1v) is 7.45. The van der Waals surface area contributed by atoms with Gasteiger partial charge >= 0.3 is 0 Å². The number of carbonyl (C=O) groups is 1. The predicted octanol–water partition coefficient (Wildman–Crippen LogP) is 3.03. The molecule has 1 atom stereocenters. The van der Waals surface area contributed by atoms with Gasteiger partial charge in [0.1, 0.15) is 0 Å². The Bertz CT molecular complexity index is 428. The van der Waals surface area contributed by atoms with Crippen molar-refractivity contribution in [2.75, 3.05) is 19.7 Å². The van der Waals surface area contributed by atoms with Gasteiger partial charge in [0.25, 0.3) is 5.91 Å². The lowest BCUT2D eigenvalue weighted by Gasteiger charge is -2.41. The first-order chi connectivity index (χ1) is 8.60. The molecule has 1 aliphatic rings. The van der Waals surface area contributed by atoms with E-state index in [2.05, 4.69) is 6.92 Å². The Hall–Kier alpha value is -0.580. The monoisotopic (exact) mass is 287 g/mol. The number of nitrogens with zero attached hydrogens (tertiary/aromatic N) is 1. The van der Waals surface area contributed by atoms with Crippen molar-refractivity contribution in [3.8, 4) is 0 Å². The lowest BCUT2D eigenvalue weighted by atomic mass is 9.78. The molecule has 1 N–H and O–H groups in total. The summed E-state index contributed by atoms with van der Waals surface area (Å²) in [7, 11) is 0. The Morgan fingerprint density at radius 1 is 1.61 bits per heavy atom. The number of amides is 1. The number of thiophene rings is 1. The fourth-order valence-electron chi connectivity index (χ4n) is 2.50. The molecule has 18 heavy (non-hydrogen) atoms. The van der Waals surface area contributed by atoms with Crippen LogP contribution in [0.5, 0.6) is 0 Å². The molecule has 1 amide bonds. The molecule has 3 nitrogen and oxygen atoms in total. The summed E-state index contributed by atoms with van der Waals surface area (Å²) in [6.07, 6.45) is 2.85. The third kappa shape index (κ3) is 2.71. The molecule has 0 radical (unpaired) electrons. The summed E-state index contributed by atoms with van der Waals surface area (Å²) >= 11 is 7.18. The molecular weight excluding hydrogens is 270 g/mol. The first-order valence-electron chi connectivity index (χ1n) is 6.26. The van der Waals surface area contributed by atoms with Gasteiger partial charge in [-0.2, -0.15) is 0 Å². The maximum atomic E-state index is 12.3. The van der Waals surface area contributed by atoms with Gasteiger partial charge in [0.15, 0.2) is 0 Å². The Labute approximate surface area is 116 Å². The average molecular weight is 288 g/mol. The molecule has 1 saturated heterocycles. The van der Waals surface area contributed by atoms with Crippen molar-refractivity contribution in [3.63, 3.8) is 0 Å². The van der Waals surface area contributed by atoms with Crippen molar-refractivity contribution in [3.05, 3.63) is 21.3 Å². The summed E-state index contributed by atoms with van der Waals surface area (Å²) in [5.74, 6) is 0.0397. The van der Waals surface area contributed by atoms with Crippen LogP contribution in [0.2, 0.25) is 4.34 Å². The van der Waals surface area contributed by atoms with Gasteiger partial charge in [-0.05, 0) is 31.4 Å². The standard InChI is InChI=1S/C13H18ClNO2S/c1-2-13(9-16)6-3-7-15(8-13)12(17)10-4-5-11(14)18-10/h4-5,16H,2-3,6-9H2,1H3. The molecule has 0 aromatic carbocycles. The van der Waals surface area contributed by atoms with Crippen LogP contribution in [-0.2, 0) is 0 Å². The van der Waals surface area contributed by atoms with Gasteiger partial charge in [-0.3, -0.25) is 4.79 Å². The van der Waals surface area contributed by atoms with Gasteiger partial charge in [0.05, 0.1) is 15.8 Å². The second-order valence-corrected chi connectivity index (χ2v) is 6.66. The maximum absolute atomic E-state index is 12.3. The fourth-order valence-corrected chi connectivity index (χ4v) is 3.51. The Balaban J connectivity index is 2.11. The van der Waals surface area contributed by atoms with E-state index in [1.165, 1.54) is 11.3 Å². The number of halogens is 1. The smallest absolute Gasteiger partial charge is 0.263 e. The summed E-state index contributed by atoms with van der Waals surface area (Å²) in [4.78, 5) is 14.9. The average Bonchev–Trinajstić information content (AvgIpc) is 2.84. The number of carbonyl (C=O) groups excluding carboxylic acids is 1. The number of aliphatic hydroxyl groups is 1. The largest absolute Gasteiger partial charge is 0.396 e. The molecule has 100 valence electrons. The highest BCUT2D eigenvalue weighted by molar-refractivity contribution is 7.17. The molecule has 2 heterocycles. The number of aliphatic hydroxyl groups excluding tert-OH is 1. The molecule has 0 spiro atoms. The van der Waals surface area contributed by atoms with E-state index in [1.54, 1.807) is 12.1 Å². The molecule has 1 aromatic rings. The van der Waals surface area contributed by atoms with Gasteiger partial charge in [0, 0.05) is 18.5 Å². The second kappa shape index (κ2) is 5.59. The van der Waals surface area contributed by atoms with E-state index in [-0.39, 0.29) is 17.9 Å². The van der Waals surface area contributed by atoms with Gasteiger partial charge in [-0.25, -0.2) is 0 Å². The molecule has 1 aromatic heterocycles. The van der Waals surface area contributed by atoms with Crippen molar-refractivity contribution in [1.29, 1.82) is 0 Å². The van der Waals surface area contributed by atoms with Gasteiger partial charge in [0.2, 0.25) is 0 Å². The lowest BCUT2D eigenvalue weighted by molar-refractivity contribution is 0.0254. The molecule has 2 rings (SSSR count). The van der Waals surface area contributed by atoms with Crippen molar-refractivity contribution in [1.82, 2.24) is 4.90 Å². The molecule has 1 unspecified atom stereocenters. The van der Waals surface area contributed by atoms with Gasteiger partial charge in [-0.1, -0.05) is 18.5 Å². The van der Waals surface area contributed by atoms with E-state index in [0.29, 0.717) is 15.8 Å². The van der Waals surface area contributed by atoms with Crippen LogP contribution in [0.4, 0.5) is 0 Å². The highest BCUT2D eigenvalue weighted by Crippen LogP contribution is 2.34. The zero-order valence-corrected chi connectivity index (χ0v) is 12.1. The Morgan fingerprint density at radius 2 is 2.39 bits per heavy atom. The number of piperidine rings is 1. The Kier molecular flexibility index (Phi) is 4.30. The van der Waals surface area contributed by atoms with Crippen molar-refractivity contribution in [2.24, 2.45) is 5.41 Å². The Morgan fingerprint density at radius 3 is 2.94 bits per heavy atom. The van der Waals surface area contributed by atoms with E-state index < -0.39 is 0 Å². The molecule has 5 heteroatoms. The van der Waals surface area contributed by atoms with Crippen LogP contribution in [0.3, 0.4) is 0 Å². The zero-order valence-electron chi connectivity index (χ0n) is 10.5. The molecular formula is C13H18ClNO2S. The fraction of sp³-hybridized carbons (Fsp3) is 0.615. The highest BCUT2D eigenvalue weighted by atomic mass is 35.5. The molecule has 1 aliphatic heterocycles. The lowest BCUT2D eigenvalue weighted by Crippen LogP contribution is -2.47. The maximum Gasteiger partial charge on any atom is 0.263 e. The minimum Gasteiger partial charge on any atom is -0.396 e. The summed E-state index contributed by atoms with van der Waals surface area (Å²) in [6.45, 7) is 3.65. The van der Waals surface area contributed by atoms with E-state index in [0.717, 1.165) is 25.8 Å². The third-order valence-electron chi connectivity index (χ3n) is 3.82. The van der Waals surface area contributed by atoms with Gasteiger partial charge in [-0.15, -0.1) is 11.3 Å². The highest BCUT2D eigenvalue weighted by Gasteiger charge is 2.35. The third-order valence-corrected chi connectivity index (χ3v) is 5.04. The van der Waals surface area contributed by atoms with Gasteiger partial charge < -0.3 is 10.0 Å². The quantitative estimate of drug-likeness (QED) is 0.928. The summed E-state index contributed by atoms with van der Waals surface area (Å²) < 4.78 is 0.638. The number of hydrogen-bond acceptors (Lipinski definition) is 3. The zero-order chi connectivity index (χ0) is 13.2. The molecule has 0 aliphatic carbocycles. The molecule has 0 bridgehead atoms. The van der Waals surface area contributed by atoms with E-state index >= 15 is 0 Å². The normalized spacial score (nSPS) is 24.3. The van der Waals surface area contributed by atoms with Crippen molar-refractivity contribution >= 4 is 28.8 Å².